The Kier molecular flexibility index (Phi) is 4.93. The van der Waals surface area contributed by atoms with Crippen LogP contribution in [0.2, 0.25) is 0 Å². The van der Waals surface area contributed by atoms with Crippen LogP contribution in [0.3, 0.4) is 0 Å². The summed E-state index contributed by atoms with van der Waals surface area (Å²) in [6.07, 6.45) is 1.90. The molecule has 0 aliphatic heterocycles. The molecule has 0 unspecified atom stereocenters. The van der Waals surface area contributed by atoms with E-state index >= 15 is 0 Å². The zero-order valence-corrected chi connectivity index (χ0v) is 12.9. The van der Waals surface area contributed by atoms with Gasteiger partial charge in [-0.1, -0.05) is 0 Å². The van der Waals surface area contributed by atoms with Gasteiger partial charge < -0.3 is 14.6 Å². The van der Waals surface area contributed by atoms with Crippen molar-refractivity contribution in [3.63, 3.8) is 0 Å². The minimum absolute atomic E-state index is 0.144. The van der Waals surface area contributed by atoms with Gasteiger partial charge in [-0.3, -0.25) is 14.6 Å². The van der Waals surface area contributed by atoms with E-state index in [-0.39, 0.29) is 30.5 Å². The van der Waals surface area contributed by atoms with Crippen LogP contribution in [-0.4, -0.2) is 35.8 Å². The average molecular weight is 301 g/mol. The number of carbonyl (C=O) groups excluding carboxylic acids is 2. The molecule has 6 nitrogen and oxygen atoms in total. The minimum Gasteiger partial charge on any atom is -0.454 e. The number of nitrogens with zero attached hydrogens (tertiary/aromatic N) is 2. The summed E-state index contributed by atoms with van der Waals surface area (Å²) in [5.41, 5.74) is 1.79. The molecule has 0 saturated heterocycles. The van der Waals surface area contributed by atoms with Crippen molar-refractivity contribution in [2.24, 2.45) is 0 Å². The molecule has 0 aromatic carbocycles. The van der Waals surface area contributed by atoms with Gasteiger partial charge in [0.25, 0.3) is 5.91 Å². The Bertz CT molecular complexity index is 677. The van der Waals surface area contributed by atoms with Crippen LogP contribution < -0.4 is 5.32 Å². The Balaban J connectivity index is 1.87. The summed E-state index contributed by atoms with van der Waals surface area (Å²) in [4.78, 5) is 29.2. The van der Waals surface area contributed by atoms with E-state index in [2.05, 4.69) is 10.3 Å². The zero-order valence-electron chi connectivity index (χ0n) is 12.9. The maximum absolute atomic E-state index is 11.9. The van der Waals surface area contributed by atoms with E-state index in [0.29, 0.717) is 5.76 Å². The van der Waals surface area contributed by atoms with Gasteiger partial charge >= 0.3 is 0 Å². The van der Waals surface area contributed by atoms with Crippen molar-refractivity contribution in [3.8, 4) is 0 Å². The van der Waals surface area contributed by atoms with Crippen molar-refractivity contribution in [2.75, 3.05) is 14.1 Å². The summed E-state index contributed by atoms with van der Waals surface area (Å²) < 4.78 is 5.40. The lowest BCUT2D eigenvalue weighted by Crippen LogP contribution is -2.24. The molecule has 2 aromatic heterocycles. The molecule has 1 N–H and O–H groups in total. The third-order valence-corrected chi connectivity index (χ3v) is 3.05. The van der Waals surface area contributed by atoms with Crippen molar-refractivity contribution in [2.45, 2.75) is 19.9 Å². The number of furan rings is 1. The van der Waals surface area contributed by atoms with E-state index in [0.717, 1.165) is 11.3 Å². The average Bonchev–Trinajstić information content (AvgIpc) is 2.93. The molecule has 2 rings (SSSR count). The predicted octanol–water partition coefficient (Wildman–Crippen LogP) is 1.54. The van der Waals surface area contributed by atoms with Crippen LogP contribution in [0.4, 0.5) is 0 Å². The molecule has 0 aliphatic carbocycles. The fourth-order valence-corrected chi connectivity index (χ4v) is 1.92. The Morgan fingerprint density at radius 1 is 1.27 bits per heavy atom. The lowest BCUT2D eigenvalue weighted by atomic mass is 10.2. The van der Waals surface area contributed by atoms with E-state index in [4.69, 9.17) is 4.42 Å². The summed E-state index contributed by atoms with van der Waals surface area (Å²) in [5.74, 6) is 0.446. The topological polar surface area (TPSA) is 75.4 Å². The maximum Gasteiger partial charge on any atom is 0.289 e. The molecule has 0 spiro atoms. The number of aromatic nitrogens is 1. The van der Waals surface area contributed by atoms with Gasteiger partial charge in [-0.05, 0) is 36.8 Å². The van der Waals surface area contributed by atoms with Crippen molar-refractivity contribution >= 4 is 11.8 Å². The van der Waals surface area contributed by atoms with Gasteiger partial charge in [0.15, 0.2) is 5.76 Å². The van der Waals surface area contributed by atoms with Crippen molar-refractivity contribution in [1.29, 1.82) is 0 Å². The van der Waals surface area contributed by atoms with Gasteiger partial charge in [0.2, 0.25) is 5.91 Å². The number of nitrogens with one attached hydrogen (secondary N) is 1. The Morgan fingerprint density at radius 3 is 2.73 bits per heavy atom. The van der Waals surface area contributed by atoms with Crippen molar-refractivity contribution in [1.82, 2.24) is 15.2 Å². The number of rotatable bonds is 5. The van der Waals surface area contributed by atoms with E-state index in [9.17, 15) is 9.59 Å². The first kappa shape index (κ1) is 15.8. The Morgan fingerprint density at radius 2 is 2.05 bits per heavy atom. The van der Waals surface area contributed by atoms with Gasteiger partial charge in [-0.25, -0.2) is 0 Å². The second-order valence-electron chi connectivity index (χ2n) is 5.24. The molecular weight excluding hydrogens is 282 g/mol. The number of hydrogen-bond donors (Lipinski definition) is 1. The van der Waals surface area contributed by atoms with Crippen LogP contribution in [0, 0.1) is 6.92 Å². The Labute approximate surface area is 129 Å². The largest absolute Gasteiger partial charge is 0.454 e. The second-order valence-corrected chi connectivity index (χ2v) is 5.24. The predicted molar refractivity (Wildman–Crippen MR) is 81.3 cm³/mol. The minimum atomic E-state index is -0.207. The molecule has 22 heavy (non-hydrogen) atoms. The van der Waals surface area contributed by atoms with Gasteiger partial charge in [-0.15, -0.1) is 0 Å². The fraction of sp³-hybridized carbons (Fsp3) is 0.312. The normalized spacial score (nSPS) is 10.3. The molecule has 0 atom stereocenters. The number of carbonyl (C=O) groups is 2. The molecule has 116 valence electrons. The number of amides is 2. The second kappa shape index (κ2) is 6.89. The molecule has 0 radical (unpaired) electrons. The summed E-state index contributed by atoms with van der Waals surface area (Å²) in [6, 6.07) is 7.04. The van der Waals surface area contributed by atoms with Gasteiger partial charge in [-0.2, -0.15) is 0 Å². The first-order chi connectivity index (χ1) is 10.5. The first-order valence-corrected chi connectivity index (χ1v) is 6.94. The molecule has 0 aliphatic rings. The van der Waals surface area contributed by atoms with E-state index in [1.54, 1.807) is 32.4 Å². The van der Waals surface area contributed by atoms with Crippen LogP contribution in [0.5, 0.6) is 0 Å². The zero-order chi connectivity index (χ0) is 16.1. The molecule has 2 heterocycles. The van der Waals surface area contributed by atoms with Crippen LogP contribution in [0.25, 0.3) is 0 Å². The SMILES string of the molecule is Cc1ccnc(CC(=O)NCc2ccc(C(=O)N(C)C)o2)c1. The van der Waals surface area contributed by atoms with Gasteiger partial charge in [0, 0.05) is 26.0 Å². The number of pyridine rings is 1. The summed E-state index contributed by atoms with van der Waals surface area (Å²) in [6.45, 7) is 2.20. The van der Waals surface area contributed by atoms with Crippen LogP contribution >= 0.6 is 0 Å². The monoisotopic (exact) mass is 301 g/mol. The highest BCUT2D eigenvalue weighted by Gasteiger charge is 2.13. The first-order valence-electron chi connectivity index (χ1n) is 6.94. The maximum atomic E-state index is 11.9. The summed E-state index contributed by atoms with van der Waals surface area (Å²) in [5, 5.41) is 2.75. The molecule has 0 bridgehead atoms. The number of aryl methyl sites for hydroxylation is 1. The van der Waals surface area contributed by atoms with Crippen molar-refractivity contribution < 1.29 is 14.0 Å². The van der Waals surface area contributed by atoms with Gasteiger partial charge in [0.1, 0.15) is 5.76 Å². The third kappa shape index (κ3) is 4.18. The Hall–Kier alpha value is -2.63. The van der Waals surface area contributed by atoms with E-state index in [1.165, 1.54) is 4.90 Å². The highest BCUT2D eigenvalue weighted by molar-refractivity contribution is 5.91. The quantitative estimate of drug-likeness (QED) is 0.909. The highest BCUT2D eigenvalue weighted by Crippen LogP contribution is 2.09. The lowest BCUT2D eigenvalue weighted by Gasteiger charge is -2.07. The molecule has 2 amide bonds. The summed E-state index contributed by atoms with van der Waals surface area (Å²) >= 11 is 0. The fourth-order valence-electron chi connectivity index (χ4n) is 1.92. The molecule has 0 fully saturated rings. The van der Waals surface area contributed by atoms with Gasteiger partial charge in [0.05, 0.1) is 13.0 Å². The molecule has 0 saturated carbocycles. The smallest absolute Gasteiger partial charge is 0.289 e. The van der Waals surface area contributed by atoms with E-state index < -0.39 is 0 Å². The van der Waals surface area contributed by atoms with Crippen LogP contribution in [0.15, 0.2) is 34.9 Å². The summed E-state index contributed by atoms with van der Waals surface area (Å²) in [7, 11) is 3.31. The molecule has 6 heteroatoms. The van der Waals surface area contributed by atoms with Crippen molar-refractivity contribution in [3.05, 3.63) is 53.2 Å². The standard InChI is InChI=1S/C16H19N3O3/c1-11-6-7-17-12(8-11)9-15(20)18-10-13-4-5-14(22-13)16(21)19(2)3/h4-8H,9-10H2,1-3H3,(H,18,20). The van der Waals surface area contributed by atoms with E-state index in [1.807, 2.05) is 19.1 Å². The molecule has 2 aromatic rings. The highest BCUT2D eigenvalue weighted by atomic mass is 16.4. The van der Waals surface area contributed by atoms with Crippen LogP contribution in [0.1, 0.15) is 27.6 Å². The third-order valence-electron chi connectivity index (χ3n) is 3.05. The van der Waals surface area contributed by atoms with Crippen LogP contribution in [-0.2, 0) is 17.8 Å². The number of hydrogen-bond acceptors (Lipinski definition) is 4. The lowest BCUT2D eigenvalue weighted by molar-refractivity contribution is -0.120. The molecular formula is C16H19N3O3.